The van der Waals surface area contributed by atoms with Crippen LogP contribution >= 0.6 is 0 Å². The molecule has 0 N–H and O–H groups in total. The van der Waals surface area contributed by atoms with Gasteiger partial charge >= 0.3 is 0 Å². The Morgan fingerprint density at radius 1 is 1.09 bits per heavy atom. The normalized spacial score (nSPS) is 14.6. The lowest BCUT2D eigenvalue weighted by molar-refractivity contribution is -0.123. The molecule has 0 spiro atoms. The van der Waals surface area contributed by atoms with Gasteiger partial charge in [0.1, 0.15) is 5.82 Å². The Morgan fingerprint density at radius 3 is 2.50 bits per heavy atom. The van der Waals surface area contributed by atoms with Gasteiger partial charge in [-0.1, -0.05) is 30.3 Å². The number of carbonyl (C=O) groups excluding carboxylic acids is 1. The van der Waals surface area contributed by atoms with E-state index in [2.05, 4.69) is 6.07 Å². The summed E-state index contributed by atoms with van der Waals surface area (Å²) in [4.78, 5) is 15.0. The minimum absolute atomic E-state index is 0.0614. The molecule has 3 heteroatoms. The van der Waals surface area contributed by atoms with Gasteiger partial charge in [0.2, 0.25) is 5.91 Å². The second-order valence-electron chi connectivity index (χ2n) is 6.32. The molecule has 0 bridgehead atoms. The molecular formula is C19H20FNO. The molecule has 114 valence electrons. The van der Waals surface area contributed by atoms with Crippen LogP contribution in [0.5, 0.6) is 0 Å². The largest absolute Gasteiger partial charge is 0.311 e. The molecule has 0 unspecified atom stereocenters. The van der Waals surface area contributed by atoms with E-state index in [-0.39, 0.29) is 11.7 Å². The van der Waals surface area contributed by atoms with Gasteiger partial charge in [0.15, 0.2) is 0 Å². The first-order valence-electron chi connectivity index (χ1n) is 7.66. The Balaban J connectivity index is 1.95. The van der Waals surface area contributed by atoms with Crippen molar-refractivity contribution in [2.75, 3.05) is 11.4 Å². The molecule has 1 aliphatic heterocycles. The van der Waals surface area contributed by atoms with Crippen molar-refractivity contribution in [3.8, 4) is 0 Å². The molecule has 2 aromatic rings. The third-order valence-electron chi connectivity index (χ3n) is 4.46. The zero-order valence-corrected chi connectivity index (χ0v) is 13.0. The maximum Gasteiger partial charge on any atom is 0.237 e. The monoisotopic (exact) mass is 297 g/mol. The molecule has 22 heavy (non-hydrogen) atoms. The van der Waals surface area contributed by atoms with E-state index in [1.807, 2.05) is 36.9 Å². The van der Waals surface area contributed by atoms with Crippen molar-refractivity contribution < 1.29 is 9.18 Å². The van der Waals surface area contributed by atoms with Crippen molar-refractivity contribution in [2.45, 2.75) is 32.1 Å². The van der Waals surface area contributed by atoms with E-state index in [0.717, 1.165) is 30.6 Å². The minimum atomic E-state index is -0.682. The number of amides is 1. The minimum Gasteiger partial charge on any atom is -0.311 e. The van der Waals surface area contributed by atoms with Gasteiger partial charge in [-0.15, -0.1) is 0 Å². The number of anilines is 1. The molecular weight excluding hydrogens is 277 g/mol. The second-order valence-corrected chi connectivity index (χ2v) is 6.32. The maximum atomic E-state index is 13.1. The van der Waals surface area contributed by atoms with Crippen LogP contribution in [-0.2, 0) is 16.6 Å². The fourth-order valence-electron chi connectivity index (χ4n) is 3.07. The van der Waals surface area contributed by atoms with Crippen molar-refractivity contribution in [1.82, 2.24) is 0 Å². The van der Waals surface area contributed by atoms with Gasteiger partial charge in [0.05, 0.1) is 5.41 Å². The first-order chi connectivity index (χ1) is 10.5. The number of rotatable bonds is 2. The van der Waals surface area contributed by atoms with E-state index in [1.54, 1.807) is 12.1 Å². The summed E-state index contributed by atoms with van der Waals surface area (Å²) in [5.41, 5.74) is 2.38. The van der Waals surface area contributed by atoms with Gasteiger partial charge in [0.25, 0.3) is 0 Å². The summed E-state index contributed by atoms with van der Waals surface area (Å²) in [6.07, 6.45) is 1.99. The Morgan fingerprint density at radius 2 is 1.77 bits per heavy atom. The summed E-state index contributed by atoms with van der Waals surface area (Å²) in [7, 11) is 0. The lowest BCUT2D eigenvalue weighted by Crippen LogP contribution is -2.45. The highest BCUT2D eigenvalue weighted by molar-refractivity contribution is 6.01. The van der Waals surface area contributed by atoms with Crippen LogP contribution in [0.1, 0.15) is 31.4 Å². The zero-order valence-electron chi connectivity index (χ0n) is 13.0. The van der Waals surface area contributed by atoms with Gasteiger partial charge in [-0.05, 0) is 56.0 Å². The Bertz CT molecular complexity index is 691. The average molecular weight is 297 g/mol. The standard InChI is InChI=1S/C19H20FNO/c1-19(2,15-9-11-16(20)12-10-15)18(22)21-13-5-7-14-6-3-4-8-17(14)21/h3-4,6,8-12H,5,7,13H2,1-2H3. The lowest BCUT2D eigenvalue weighted by Gasteiger charge is -2.36. The number of fused-ring (bicyclic) bond motifs is 1. The van der Waals surface area contributed by atoms with Crippen LogP contribution in [0.3, 0.4) is 0 Å². The molecule has 0 aliphatic carbocycles. The van der Waals surface area contributed by atoms with E-state index in [4.69, 9.17) is 0 Å². The van der Waals surface area contributed by atoms with Gasteiger partial charge in [-0.2, -0.15) is 0 Å². The summed E-state index contributed by atoms with van der Waals surface area (Å²) < 4.78 is 13.1. The van der Waals surface area contributed by atoms with Gasteiger partial charge in [-0.25, -0.2) is 4.39 Å². The van der Waals surface area contributed by atoms with Crippen molar-refractivity contribution in [3.63, 3.8) is 0 Å². The van der Waals surface area contributed by atoms with Gasteiger partial charge in [-0.3, -0.25) is 4.79 Å². The third kappa shape index (κ3) is 2.52. The quantitative estimate of drug-likeness (QED) is 0.818. The molecule has 0 atom stereocenters. The molecule has 0 radical (unpaired) electrons. The number of hydrogen-bond acceptors (Lipinski definition) is 1. The van der Waals surface area contributed by atoms with Crippen LogP contribution in [-0.4, -0.2) is 12.5 Å². The molecule has 0 saturated carbocycles. The van der Waals surface area contributed by atoms with Crippen molar-refractivity contribution in [2.24, 2.45) is 0 Å². The molecule has 0 fully saturated rings. The number of halogens is 1. The van der Waals surface area contributed by atoms with Crippen LogP contribution < -0.4 is 4.90 Å². The van der Waals surface area contributed by atoms with Crippen LogP contribution in [0, 0.1) is 5.82 Å². The number of hydrogen-bond donors (Lipinski definition) is 0. The molecule has 3 rings (SSSR count). The first kappa shape index (κ1) is 14.8. The summed E-state index contributed by atoms with van der Waals surface area (Å²) in [5.74, 6) is -0.221. The Kier molecular flexibility index (Phi) is 3.73. The van der Waals surface area contributed by atoms with Crippen LogP contribution in [0.4, 0.5) is 10.1 Å². The SMILES string of the molecule is CC(C)(C(=O)N1CCCc2ccccc21)c1ccc(F)cc1. The number of para-hydroxylation sites is 1. The van der Waals surface area contributed by atoms with Crippen LogP contribution in [0.25, 0.3) is 0 Å². The smallest absolute Gasteiger partial charge is 0.237 e. The predicted molar refractivity (Wildman–Crippen MR) is 86.5 cm³/mol. The first-order valence-corrected chi connectivity index (χ1v) is 7.66. The molecule has 2 nitrogen and oxygen atoms in total. The topological polar surface area (TPSA) is 20.3 Å². The summed E-state index contributed by atoms with van der Waals surface area (Å²) in [6.45, 7) is 4.54. The fraction of sp³-hybridized carbons (Fsp3) is 0.316. The van der Waals surface area contributed by atoms with E-state index < -0.39 is 5.41 Å². The number of aryl methyl sites for hydroxylation is 1. The van der Waals surface area contributed by atoms with E-state index >= 15 is 0 Å². The number of carbonyl (C=O) groups is 1. The summed E-state index contributed by atoms with van der Waals surface area (Å²) >= 11 is 0. The Labute approximate surface area is 130 Å². The molecule has 0 aromatic heterocycles. The van der Waals surface area contributed by atoms with E-state index in [1.165, 1.54) is 17.7 Å². The Hall–Kier alpha value is -2.16. The van der Waals surface area contributed by atoms with Crippen molar-refractivity contribution >= 4 is 11.6 Å². The van der Waals surface area contributed by atoms with Crippen molar-refractivity contribution in [3.05, 3.63) is 65.5 Å². The lowest BCUT2D eigenvalue weighted by atomic mass is 9.82. The fourth-order valence-corrected chi connectivity index (χ4v) is 3.07. The molecule has 2 aromatic carbocycles. The van der Waals surface area contributed by atoms with Crippen molar-refractivity contribution in [1.29, 1.82) is 0 Å². The molecule has 1 amide bonds. The summed E-state index contributed by atoms with van der Waals surface area (Å²) in [5, 5.41) is 0. The highest BCUT2D eigenvalue weighted by atomic mass is 19.1. The average Bonchev–Trinajstić information content (AvgIpc) is 2.54. The van der Waals surface area contributed by atoms with Crippen LogP contribution in [0.2, 0.25) is 0 Å². The predicted octanol–water partition coefficient (Wildman–Crippen LogP) is 4.08. The van der Waals surface area contributed by atoms with Crippen LogP contribution in [0.15, 0.2) is 48.5 Å². The zero-order chi connectivity index (χ0) is 15.7. The van der Waals surface area contributed by atoms with E-state index in [9.17, 15) is 9.18 Å². The number of benzene rings is 2. The third-order valence-corrected chi connectivity index (χ3v) is 4.46. The highest BCUT2D eigenvalue weighted by Gasteiger charge is 2.35. The van der Waals surface area contributed by atoms with Gasteiger partial charge in [0, 0.05) is 12.2 Å². The maximum absolute atomic E-state index is 13.1. The van der Waals surface area contributed by atoms with E-state index in [0.29, 0.717) is 0 Å². The second kappa shape index (κ2) is 5.56. The molecule has 1 heterocycles. The number of nitrogens with zero attached hydrogens (tertiary/aromatic N) is 1. The van der Waals surface area contributed by atoms with Gasteiger partial charge < -0.3 is 4.90 Å². The molecule has 0 saturated heterocycles. The highest BCUT2D eigenvalue weighted by Crippen LogP contribution is 2.33. The molecule has 1 aliphatic rings. The summed E-state index contributed by atoms with van der Waals surface area (Å²) in [6, 6.07) is 14.3.